The first-order valence-corrected chi connectivity index (χ1v) is 10.4. The quantitative estimate of drug-likeness (QED) is 0.257. The van der Waals surface area contributed by atoms with Crippen molar-refractivity contribution in [1.29, 1.82) is 0 Å². The van der Waals surface area contributed by atoms with Crippen LogP contribution in [0.15, 0.2) is 0 Å². The van der Waals surface area contributed by atoms with Gasteiger partial charge in [0.25, 0.3) is 0 Å². The molecular formula is C20H34F6N2O7. The number of nitrogens with one attached hydrogen (secondary N) is 2. The maximum absolute atomic E-state index is 12.6. The molecule has 0 rings (SSSR count). The van der Waals surface area contributed by atoms with E-state index in [0.717, 1.165) is 0 Å². The maximum atomic E-state index is 12.6. The number of hydrogen-bond donors (Lipinski definition) is 3. The highest BCUT2D eigenvalue weighted by Gasteiger charge is 2.43. The van der Waals surface area contributed by atoms with Crippen LogP contribution in [0.2, 0.25) is 0 Å². The van der Waals surface area contributed by atoms with Gasteiger partial charge in [0.15, 0.2) is 0 Å². The Morgan fingerprint density at radius 2 is 1.14 bits per heavy atom. The fourth-order valence-electron chi connectivity index (χ4n) is 1.98. The van der Waals surface area contributed by atoms with Crippen LogP contribution in [-0.2, 0) is 19.0 Å². The minimum atomic E-state index is -4.76. The van der Waals surface area contributed by atoms with E-state index < -0.39 is 73.2 Å². The summed E-state index contributed by atoms with van der Waals surface area (Å²) in [4.78, 5) is 33.4. The van der Waals surface area contributed by atoms with Crippen molar-refractivity contribution in [2.24, 2.45) is 0 Å². The summed E-state index contributed by atoms with van der Waals surface area (Å²) in [7, 11) is 0. The second-order valence-corrected chi connectivity index (χ2v) is 9.00. The van der Waals surface area contributed by atoms with Crippen molar-refractivity contribution in [3.63, 3.8) is 0 Å². The topological polar surface area (TPSA) is 123 Å². The van der Waals surface area contributed by atoms with Gasteiger partial charge in [0.1, 0.15) is 23.3 Å². The second-order valence-electron chi connectivity index (χ2n) is 9.00. The lowest BCUT2D eigenvalue weighted by Gasteiger charge is -2.24. The van der Waals surface area contributed by atoms with E-state index in [1.807, 2.05) is 0 Å². The molecule has 0 heterocycles. The Kier molecular flexibility index (Phi) is 14.1. The Balaban J connectivity index is 0. The molecule has 15 heteroatoms. The van der Waals surface area contributed by atoms with Crippen LogP contribution in [-0.4, -0.2) is 72.1 Å². The van der Waals surface area contributed by atoms with Crippen LogP contribution in [0.3, 0.4) is 0 Å². The lowest BCUT2D eigenvalue weighted by Crippen LogP contribution is -2.48. The molecule has 208 valence electrons. The molecule has 0 saturated heterocycles. The molecule has 2 atom stereocenters. The molecule has 0 aliphatic heterocycles. The number of carbonyl (C=O) groups is 3. The lowest BCUT2D eigenvalue weighted by molar-refractivity contribution is -0.168. The molecule has 3 N–H and O–H groups in total. The van der Waals surface area contributed by atoms with Crippen molar-refractivity contribution >= 4 is 18.2 Å². The van der Waals surface area contributed by atoms with Crippen molar-refractivity contribution in [2.45, 2.75) is 96.9 Å². The molecule has 2 unspecified atom stereocenters. The van der Waals surface area contributed by atoms with Gasteiger partial charge in [-0.05, 0) is 54.9 Å². The van der Waals surface area contributed by atoms with Gasteiger partial charge in [0, 0.05) is 6.61 Å². The minimum Gasteiger partial charge on any atom is -0.466 e. The fourth-order valence-corrected chi connectivity index (χ4v) is 1.98. The predicted octanol–water partition coefficient (Wildman–Crippen LogP) is 4.22. The van der Waals surface area contributed by atoms with Gasteiger partial charge in [0.05, 0.1) is 13.0 Å². The molecule has 0 fully saturated rings. The van der Waals surface area contributed by atoms with E-state index in [1.54, 1.807) is 31.4 Å². The molecule has 35 heavy (non-hydrogen) atoms. The Morgan fingerprint density at radius 3 is 1.43 bits per heavy atom. The molecule has 0 aromatic heterocycles. The lowest BCUT2D eigenvalue weighted by atomic mass is 10.2. The van der Waals surface area contributed by atoms with Gasteiger partial charge in [-0.1, -0.05) is 0 Å². The molecule has 0 bridgehead atoms. The number of halogens is 6. The molecule has 2 amide bonds. The highest BCUT2D eigenvalue weighted by atomic mass is 19.4. The first-order chi connectivity index (χ1) is 15.5. The Labute approximate surface area is 199 Å². The highest BCUT2D eigenvalue weighted by Crippen LogP contribution is 2.24. The molecule has 0 radical (unpaired) electrons. The normalized spacial score (nSPS) is 14.0. The van der Waals surface area contributed by atoms with E-state index in [-0.39, 0.29) is 6.61 Å². The molecule has 0 aliphatic rings. The van der Waals surface area contributed by atoms with Gasteiger partial charge in [-0.3, -0.25) is 4.79 Å². The monoisotopic (exact) mass is 528 g/mol. The number of aliphatic hydroxyl groups excluding tert-OH is 1. The number of alkyl carbamates (subject to hydrolysis) is 2. The van der Waals surface area contributed by atoms with Crippen LogP contribution in [0.4, 0.5) is 35.9 Å². The molecule has 0 aliphatic carbocycles. The second kappa shape index (κ2) is 14.2. The van der Waals surface area contributed by atoms with Crippen LogP contribution >= 0.6 is 0 Å². The average Bonchev–Trinajstić information content (AvgIpc) is 2.56. The number of rotatable bonds is 7. The summed E-state index contributed by atoms with van der Waals surface area (Å²) in [6.07, 6.45) is -13.3. The number of alkyl halides is 6. The Bertz CT molecular complexity index is 671. The summed E-state index contributed by atoms with van der Waals surface area (Å²) in [5.74, 6) is -1.04. The van der Waals surface area contributed by atoms with Crippen LogP contribution in [0.5, 0.6) is 0 Å². The maximum Gasteiger partial charge on any atom is 0.409 e. The van der Waals surface area contributed by atoms with Crippen LogP contribution in [0.25, 0.3) is 0 Å². The number of amides is 2. The number of esters is 1. The molecule has 0 aromatic rings. The summed E-state index contributed by atoms with van der Waals surface area (Å²) in [6, 6.07) is -4.42. The first-order valence-electron chi connectivity index (χ1n) is 10.4. The van der Waals surface area contributed by atoms with E-state index >= 15 is 0 Å². The van der Waals surface area contributed by atoms with Gasteiger partial charge in [-0.15, -0.1) is 0 Å². The zero-order valence-electron chi connectivity index (χ0n) is 20.6. The number of hydrogen-bond acceptors (Lipinski definition) is 7. The zero-order valence-corrected chi connectivity index (χ0v) is 20.6. The van der Waals surface area contributed by atoms with Crippen molar-refractivity contribution in [3.05, 3.63) is 0 Å². The standard InChI is InChI=1S/C11H18F3NO4.C9H16F3NO3/c1-5-18-8(16)6-7(11(12,13)14)15-9(17)19-10(2,3)4;1-8(2,3)16-7(15)13-6(4-5-14)9(10,11)12/h7H,5-6H2,1-4H3,(H,15,17);6,14H,4-5H2,1-3H3,(H,13,15). The Hall–Kier alpha value is -2.45. The molecule has 9 nitrogen and oxygen atoms in total. The molecule has 0 aromatic carbocycles. The fraction of sp³-hybridized carbons (Fsp3) is 0.850. The molecule has 0 saturated carbocycles. The van der Waals surface area contributed by atoms with Crippen molar-refractivity contribution < 1.29 is 60.0 Å². The van der Waals surface area contributed by atoms with Gasteiger partial charge in [-0.2, -0.15) is 26.3 Å². The van der Waals surface area contributed by atoms with E-state index in [2.05, 4.69) is 9.47 Å². The van der Waals surface area contributed by atoms with Gasteiger partial charge < -0.3 is 30.0 Å². The predicted molar refractivity (Wildman–Crippen MR) is 111 cm³/mol. The minimum absolute atomic E-state index is 0.0319. The summed E-state index contributed by atoms with van der Waals surface area (Å²) < 4.78 is 88.7. The first kappa shape index (κ1) is 34.7. The van der Waals surface area contributed by atoms with Gasteiger partial charge in [0.2, 0.25) is 0 Å². The third kappa shape index (κ3) is 19.5. The van der Waals surface area contributed by atoms with Crippen LogP contribution in [0.1, 0.15) is 61.3 Å². The smallest absolute Gasteiger partial charge is 0.409 e. The van der Waals surface area contributed by atoms with Crippen LogP contribution in [0, 0.1) is 0 Å². The average molecular weight is 528 g/mol. The van der Waals surface area contributed by atoms with E-state index in [4.69, 9.17) is 9.84 Å². The van der Waals surface area contributed by atoms with Gasteiger partial charge in [-0.25, -0.2) is 9.59 Å². The number of ether oxygens (including phenoxy) is 3. The third-order valence-corrected chi connectivity index (χ3v) is 3.27. The SMILES string of the molecule is CC(C)(C)OC(=O)NC(CCO)C(F)(F)F.CCOC(=O)CC(NC(=O)OC(C)(C)C)C(F)(F)F. The molecule has 0 spiro atoms. The van der Waals surface area contributed by atoms with Crippen molar-refractivity contribution in [2.75, 3.05) is 13.2 Å². The number of aliphatic hydroxyl groups is 1. The summed E-state index contributed by atoms with van der Waals surface area (Å²) >= 11 is 0. The summed E-state index contributed by atoms with van der Waals surface area (Å²) in [5.41, 5.74) is -1.79. The number of carbonyl (C=O) groups excluding carboxylic acids is 3. The van der Waals surface area contributed by atoms with E-state index in [0.29, 0.717) is 0 Å². The van der Waals surface area contributed by atoms with Gasteiger partial charge >= 0.3 is 30.5 Å². The van der Waals surface area contributed by atoms with Crippen molar-refractivity contribution in [3.8, 4) is 0 Å². The Morgan fingerprint density at radius 1 is 0.771 bits per heavy atom. The highest BCUT2D eigenvalue weighted by molar-refractivity contribution is 5.73. The van der Waals surface area contributed by atoms with Crippen molar-refractivity contribution in [1.82, 2.24) is 10.6 Å². The summed E-state index contributed by atoms with van der Waals surface area (Å²) in [5, 5.41) is 11.7. The third-order valence-electron chi connectivity index (χ3n) is 3.27. The summed E-state index contributed by atoms with van der Waals surface area (Å²) in [6.45, 7) is 9.95. The molecular weight excluding hydrogens is 494 g/mol. The zero-order chi connectivity index (χ0) is 28.3. The van der Waals surface area contributed by atoms with E-state index in [1.165, 1.54) is 27.7 Å². The van der Waals surface area contributed by atoms with E-state index in [9.17, 15) is 40.7 Å². The largest absolute Gasteiger partial charge is 0.466 e. The van der Waals surface area contributed by atoms with Crippen LogP contribution < -0.4 is 10.6 Å².